The van der Waals surface area contributed by atoms with Crippen molar-refractivity contribution in [1.82, 2.24) is 0 Å². The van der Waals surface area contributed by atoms with Crippen LogP contribution in [-0.4, -0.2) is 11.4 Å². The van der Waals surface area contributed by atoms with Gasteiger partial charge in [-0.05, 0) is 67.7 Å². The van der Waals surface area contributed by atoms with Crippen LogP contribution in [0.25, 0.3) is 11.1 Å². The highest BCUT2D eigenvalue weighted by atomic mass is 19.2. The van der Waals surface area contributed by atoms with Crippen LogP contribution in [0.2, 0.25) is 0 Å². The van der Waals surface area contributed by atoms with Gasteiger partial charge in [-0.2, -0.15) is 4.39 Å². The fourth-order valence-electron chi connectivity index (χ4n) is 4.71. The zero-order chi connectivity index (χ0) is 24.4. The van der Waals surface area contributed by atoms with E-state index in [2.05, 4.69) is 0 Å². The predicted octanol–water partition coefficient (Wildman–Crippen LogP) is 7.45. The number of aliphatic hydroxyl groups excluding tert-OH is 1. The van der Waals surface area contributed by atoms with Crippen molar-refractivity contribution >= 4 is 0 Å². The molecule has 1 aliphatic carbocycles. The van der Waals surface area contributed by atoms with Gasteiger partial charge in [-0.15, -0.1) is 0 Å². The van der Waals surface area contributed by atoms with Gasteiger partial charge in [0.25, 0.3) is 0 Å². The summed E-state index contributed by atoms with van der Waals surface area (Å²) in [5, 5.41) is 10.5. The number of ether oxygens (including phenoxy) is 1. The highest BCUT2D eigenvalue weighted by Gasteiger charge is 2.31. The molecule has 0 spiro atoms. The zero-order valence-electron chi connectivity index (χ0n) is 19.3. The largest absolute Gasteiger partial charge is 0.462 e. The van der Waals surface area contributed by atoms with E-state index in [0.717, 1.165) is 5.56 Å². The maximum atomic E-state index is 15.0. The van der Waals surface area contributed by atoms with E-state index in [0.29, 0.717) is 43.2 Å². The Labute approximate surface area is 197 Å². The van der Waals surface area contributed by atoms with Gasteiger partial charge < -0.3 is 9.84 Å². The summed E-state index contributed by atoms with van der Waals surface area (Å²) in [5.41, 5.74) is 2.44. The zero-order valence-corrected chi connectivity index (χ0v) is 19.3. The van der Waals surface area contributed by atoms with E-state index in [-0.39, 0.29) is 28.7 Å². The van der Waals surface area contributed by atoms with Crippen molar-refractivity contribution in [3.63, 3.8) is 0 Å². The summed E-state index contributed by atoms with van der Waals surface area (Å²) in [7, 11) is 0. The van der Waals surface area contributed by atoms with Crippen LogP contribution in [0.1, 0.15) is 55.2 Å². The van der Waals surface area contributed by atoms with Crippen LogP contribution in [0.5, 0.6) is 5.75 Å². The average molecular weight is 473 g/mol. The molecule has 3 aromatic carbocycles. The van der Waals surface area contributed by atoms with E-state index in [1.54, 1.807) is 31.2 Å². The molecule has 0 radical (unpaired) electrons. The summed E-state index contributed by atoms with van der Waals surface area (Å²) in [6.07, 6.45) is 1.06. The number of hydrogen-bond acceptors (Lipinski definition) is 2. The first-order valence-electron chi connectivity index (χ1n) is 11.7. The van der Waals surface area contributed by atoms with Crippen molar-refractivity contribution in [3.8, 4) is 16.9 Å². The Morgan fingerprint density at radius 1 is 0.824 bits per heavy atom. The molecule has 1 unspecified atom stereocenters. The first kappa shape index (κ1) is 24.3. The Hall–Kier alpha value is -2.86. The lowest BCUT2D eigenvalue weighted by Gasteiger charge is -2.32. The maximum Gasteiger partial charge on any atom is 0.201 e. The Balaban J connectivity index is 1.42. The van der Waals surface area contributed by atoms with Crippen LogP contribution >= 0.6 is 0 Å². The lowest BCUT2D eigenvalue weighted by molar-refractivity contribution is -0.0757. The Kier molecular flexibility index (Phi) is 7.27. The Morgan fingerprint density at radius 2 is 1.50 bits per heavy atom. The van der Waals surface area contributed by atoms with Gasteiger partial charge in [0, 0.05) is 11.5 Å². The molecule has 4 rings (SSSR count). The summed E-state index contributed by atoms with van der Waals surface area (Å²) in [6.45, 7) is 3.65. The number of benzene rings is 3. The highest BCUT2D eigenvalue weighted by molar-refractivity contribution is 5.65. The topological polar surface area (TPSA) is 29.5 Å². The second-order valence-electron chi connectivity index (χ2n) is 9.02. The summed E-state index contributed by atoms with van der Waals surface area (Å²) >= 11 is 0. The van der Waals surface area contributed by atoms with Gasteiger partial charge in [0.15, 0.2) is 29.5 Å². The average Bonchev–Trinajstić information content (AvgIpc) is 2.84. The van der Waals surface area contributed by atoms with E-state index in [4.69, 9.17) is 4.74 Å². The number of aryl methyl sites for hydroxylation is 2. The van der Waals surface area contributed by atoms with Crippen molar-refractivity contribution in [2.45, 2.75) is 58.2 Å². The van der Waals surface area contributed by atoms with Gasteiger partial charge >= 0.3 is 0 Å². The summed E-state index contributed by atoms with van der Waals surface area (Å²) in [6, 6.07) is 13.3. The fourth-order valence-corrected chi connectivity index (χ4v) is 4.71. The van der Waals surface area contributed by atoms with Crippen molar-refractivity contribution in [2.75, 3.05) is 0 Å². The number of hydrogen-bond donors (Lipinski definition) is 1. The molecule has 0 heterocycles. The molecule has 34 heavy (non-hydrogen) atoms. The van der Waals surface area contributed by atoms with Crippen molar-refractivity contribution in [3.05, 3.63) is 88.5 Å². The molecule has 1 fully saturated rings. The summed E-state index contributed by atoms with van der Waals surface area (Å²) in [4.78, 5) is 0. The smallest absolute Gasteiger partial charge is 0.201 e. The van der Waals surface area contributed by atoms with Gasteiger partial charge in [0.05, 0.1) is 0 Å². The van der Waals surface area contributed by atoms with Crippen LogP contribution in [0.4, 0.5) is 17.6 Å². The van der Waals surface area contributed by atoms with Crippen LogP contribution in [-0.2, 0) is 6.42 Å². The minimum Gasteiger partial charge on any atom is -0.462 e. The van der Waals surface area contributed by atoms with Gasteiger partial charge in [-0.1, -0.05) is 55.0 Å². The normalized spacial score (nSPS) is 19.1. The fraction of sp³-hybridized carbons (Fsp3) is 0.357. The molecule has 0 aliphatic heterocycles. The van der Waals surface area contributed by atoms with E-state index in [1.165, 1.54) is 12.1 Å². The predicted molar refractivity (Wildman–Crippen MR) is 124 cm³/mol. The van der Waals surface area contributed by atoms with Gasteiger partial charge in [-0.3, -0.25) is 0 Å². The first-order valence-corrected chi connectivity index (χ1v) is 11.7. The lowest BCUT2D eigenvalue weighted by Crippen LogP contribution is -2.30. The third-order valence-electron chi connectivity index (χ3n) is 6.85. The molecule has 0 saturated heterocycles. The van der Waals surface area contributed by atoms with Crippen LogP contribution < -0.4 is 4.74 Å². The number of rotatable bonds is 6. The van der Waals surface area contributed by atoms with Crippen molar-refractivity contribution < 1.29 is 27.4 Å². The molecule has 6 heteroatoms. The molecular formula is C28H28F4O2. The molecule has 0 bridgehead atoms. The standard InChI is InChI=1S/C28H28F4O2/c1-3-17-12-15-23(27(32)24(17)29)34-28(33)20-10-8-19(9-11-20)22-14-13-21(25(30)26(22)31)18-6-4-16(2)5-7-18/h4-7,12-15,19-20,28,33H,3,8-11H2,1-2H3. The molecule has 1 N–H and O–H groups in total. The molecule has 1 atom stereocenters. The maximum absolute atomic E-state index is 15.0. The van der Waals surface area contributed by atoms with Crippen LogP contribution in [0, 0.1) is 36.1 Å². The van der Waals surface area contributed by atoms with Crippen molar-refractivity contribution in [2.24, 2.45) is 5.92 Å². The minimum atomic E-state index is -1.31. The van der Waals surface area contributed by atoms with Gasteiger partial charge in [0.2, 0.25) is 5.82 Å². The third kappa shape index (κ3) is 4.83. The van der Waals surface area contributed by atoms with E-state index < -0.39 is 29.6 Å². The minimum absolute atomic E-state index is 0.192. The van der Waals surface area contributed by atoms with Crippen molar-refractivity contribution in [1.29, 1.82) is 0 Å². The van der Waals surface area contributed by atoms with E-state index in [1.807, 2.05) is 19.1 Å². The highest BCUT2D eigenvalue weighted by Crippen LogP contribution is 2.40. The van der Waals surface area contributed by atoms with Gasteiger partial charge in [0.1, 0.15) is 0 Å². The first-order chi connectivity index (χ1) is 16.3. The number of halogens is 4. The third-order valence-corrected chi connectivity index (χ3v) is 6.85. The Bertz CT molecular complexity index is 1150. The molecule has 3 aromatic rings. The van der Waals surface area contributed by atoms with E-state index >= 15 is 0 Å². The van der Waals surface area contributed by atoms with E-state index in [9.17, 15) is 22.7 Å². The molecule has 180 valence electrons. The number of aliphatic hydroxyl groups is 1. The molecule has 2 nitrogen and oxygen atoms in total. The monoisotopic (exact) mass is 472 g/mol. The lowest BCUT2D eigenvalue weighted by atomic mass is 9.78. The molecule has 0 aromatic heterocycles. The summed E-state index contributed by atoms with van der Waals surface area (Å²) < 4.78 is 63.4. The molecule has 0 amide bonds. The SMILES string of the molecule is CCc1ccc(OC(O)C2CCC(c3ccc(-c4ccc(C)cc4)c(F)c3F)CC2)c(F)c1F. The molecule has 1 aliphatic rings. The quantitative estimate of drug-likeness (QED) is 0.298. The second kappa shape index (κ2) is 10.2. The molecule has 1 saturated carbocycles. The molecular weight excluding hydrogens is 444 g/mol. The Morgan fingerprint density at radius 3 is 2.15 bits per heavy atom. The van der Waals surface area contributed by atoms with Crippen LogP contribution in [0.15, 0.2) is 48.5 Å². The second-order valence-corrected chi connectivity index (χ2v) is 9.02. The van der Waals surface area contributed by atoms with Crippen LogP contribution in [0.3, 0.4) is 0 Å². The summed E-state index contributed by atoms with van der Waals surface area (Å²) in [5.74, 6) is -4.62. The van der Waals surface area contributed by atoms with Gasteiger partial charge in [-0.25, -0.2) is 13.2 Å².